The van der Waals surface area contributed by atoms with Gasteiger partial charge in [0.25, 0.3) is 0 Å². The van der Waals surface area contributed by atoms with E-state index < -0.39 is 0 Å². The molecule has 2 aromatic carbocycles. The van der Waals surface area contributed by atoms with Gasteiger partial charge in [0, 0.05) is 10.4 Å². The summed E-state index contributed by atoms with van der Waals surface area (Å²) in [7, 11) is 1.59. The predicted molar refractivity (Wildman–Crippen MR) is 85.7 cm³/mol. The molecular formula is C16H14ClN3O. The molecule has 0 atom stereocenters. The fourth-order valence-corrected chi connectivity index (χ4v) is 2.40. The van der Waals surface area contributed by atoms with E-state index in [2.05, 4.69) is 9.97 Å². The lowest BCUT2D eigenvalue weighted by atomic mass is 10.1. The van der Waals surface area contributed by atoms with Crippen LogP contribution < -0.4 is 10.5 Å². The number of fused-ring (bicyclic) bond motifs is 1. The number of halogens is 1. The highest BCUT2D eigenvalue weighted by Crippen LogP contribution is 2.32. The van der Waals surface area contributed by atoms with Gasteiger partial charge in [0.1, 0.15) is 11.6 Å². The molecule has 0 radical (unpaired) electrons. The number of nitrogen functional groups attached to an aromatic ring is 1. The fourth-order valence-electron chi connectivity index (χ4n) is 2.24. The number of methoxy groups -OCH3 is 1. The van der Waals surface area contributed by atoms with Crippen molar-refractivity contribution in [1.82, 2.24) is 9.97 Å². The largest absolute Gasteiger partial charge is 0.496 e. The molecule has 4 nitrogen and oxygen atoms in total. The lowest BCUT2D eigenvalue weighted by Crippen LogP contribution is -1.99. The normalized spacial score (nSPS) is 10.8. The molecule has 21 heavy (non-hydrogen) atoms. The van der Waals surface area contributed by atoms with E-state index in [1.54, 1.807) is 19.2 Å². The van der Waals surface area contributed by atoms with E-state index >= 15 is 0 Å². The summed E-state index contributed by atoms with van der Waals surface area (Å²) in [4.78, 5) is 8.97. The lowest BCUT2D eigenvalue weighted by molar-refractivity contribution is 0.416. The van der Waals surface area contributed by atoms with E-state index in [4.69, 9.17) is 22.1 Å². The van der Waals surface area contributed by atoms with Crippen molar-refractivity contribution in [3.05, 3.63) is 47.0 Å². The van der Waals surface area contributed by atoms with Gasteiger partial charge in [0.15, 0.2) is 5.82 Å². The zero-order valence-corrected chi connectivity index (χ0v) is 12.5. The van der Waals surface area contributed by atoms with Gasteiger partial charge in [-0.1, -0.05) is 23.2 Å². The summed E-state index contributed by atoms with van der Waals surface area (Å²) in [6, 6.07) is 11.3. The first-order valence-electron chi connectivity index (χ1n) is 6.46. The molecule has 3 aromatic rings. The zero-order valence-electron chi connectivity index (χ0n) is 11.7. The molecule has 0 amide bonds. The minimum Gasteiger partial charge on any atom is -0.496 e. The van der Waals surface area contributed by atoms with Crippen molar-refractivity contribution in [2.45, 2.75) is 6.92 Å². The predicted octanol–water partition coefficient (Wildman–Crippen LogP) is 3.85. The molecule has 5 heteroatoms. The molecule has 3 rings (SSSR count). The summed E-state index contributed by atoms with van der Waals surface area (Å²) in [5.74, 6) is 1.60. The molecule has 2 N–H and O–H groups in total. The molecule has 0 saturated heterocycles. The molecule has 1 heterocycles. The van der Waals surface area contributed by atoms with E-state index in [0.29, 0.717) is 22.4 Å². The monoisotopic (exact) mass is 299 g/mol. The number of aromatic nitrogens is 2. The van der Waals surface area contributed by atoms with Crippen LogP contribution in [-0.4, -0.2) is 17.1 Å². The van der Waals surface area contributed by atoms with E-state index in [1.165, 1.54) is 0 Å². The van der Waals surface area contributed by atoms with Crippen molar-refractivity contribution in [2.24, 2.45) is 0 Å². The van der Waals surface area contributed by atoms with Crippen molar-refractivity contribution >= 4 is 28.3 Å². The van der Waals surface area contributed by atoms with E-state index in [1.807, 2.05) is 31.2 Å². The van der Waals surface area contributed by atoms with Crippen molar-refractivity contribution in [3.8, 4) is 17.1 Å². The molecule has 0 unspecified atom stereocenters. The number of hydrogen-bond acceptors (Lipinski definition) is 4. The molecule has 0 fully saturated rings. The summed E-state index contributed by atoms with van der Waals surface area (Å²) < 4.78 is 5.35. The Morgan fingerprint density at radius 3 is 2.67 bits per heavy atom. The Hall–Kier alpha value is -2.33. The summed E-state index contributed by atoms with van der Waals surface area (Å²) in [6.07, 6.45) is 0. The van der Waals surface area contributed by atoms with Crippen LogP contribution in [0.15, 0.2) is 36.4 Å². The van der Waals surface area contributed by atoms with Gasteiger partial charge in [0.2, 0.25) is 0 Å². The van der Waals surface area contributed by atoms with Crippen molar-refractivity contribution < 1.29 is 4.74 Å². The van der Waals surface area contributed by atoms with Crippen molar-refractivity contribution in [2.75, 3.05) is 12.8 Å². The van der Waals surface area contributed by atoms with E-state index in [-0.39, 0.29) is 0 Å². The highest BCUT2D eigenvalue weighted by atomic mass is 35.5. The molecule has 0 aliphatic carbocycles. The second-order valence-corrected chi connectivity index (χ2v) is 5.23. The Balaban J connectivity index is 2.24. The average Bonchev–Trinajstić information content (AvgIpc) is 2.47. The molecule has 0 spiro atoms. The number of nitrogens with zero attached hydrogens (tertiary/aromatic N) is 2. The van der Waals surface area contributed by atoms with E-state index in [9.17, 15) is 0 Å². The number of rotatable bonds is 2. The summed E-state index contributed by atoms with van der Waals surface area (Å²) in [5.41, 5.74) is 8.75. The van der Waals surface area contributed by atoms with Crippen LogP contribution in [0.1, 0.15) is 5.56 Å². The minimum absolute atomic E-state index is 0.454. The Labute approximate surface area is 127 Å². The third-order valence-corrected chi connectivity index (χ3v) is 3.52. The van der Waals surface area contributed by atoms with Crippen LogP contribution in [0.5, 0.6) is 5.75 Å². The van der Waals surface area contributed by atoms with Gasteiger partial charge in [-0.3, -0.25) is 0 Å². The van der Waals surface area contributed by atoms with Crippen LogP contribution in [-0.2, 0) is 0 Å². The van der Waals surface area contributed by atoms with Crippen LogP contribution in [0, 0.1) is 6.92 Å². The number of hydrogen-bond donors (Lipinski definition) is 1. The maximum absolute atomic E-state index is 6.07. The van der Waals surface area contributed by atoms with Crippen LogP contribution in [0.3, 0.4) is 0 Å². The molecule has 0 saturated carbocycles. The molecule has 0 bridgehead atoms. The Bertz CT molecular complexity index is 833. The first kappa shape index (κ1) is 13.6. The number of ether oxygens (including phenoxy) is 1. The number of anilines is 1. The summed E-state index contributed by atoms with van der Waals surface area (Å²) in [6.45, 7) is 2.01. The van der Waals surface area contributed by atoms with Crippen LogP contribution in [0.4, 0.5) is 5.82 Å². The molecule has 0 aliphatic heterocycles. The van der Waals surface area contributed by atoms with E-state index in [0.717, 1.165) is 22.0 Å². The first-order chi connectivity index (χ1) is 10.1. The van der Waals surface area contributed by atoms with Gasteiger partial charge in [0.05, 0.1) is 18.2 Å². The second kappa shape index (κ2) is 5.22. The van der Waals surface area contributed by atoms with Crippen LogP contribution >= 0.6 is 11.6 Å². The lowest BCUT2D eigenvalue weighted by Gasteiger charge is -2.10. The summed E-state index contributed by atoms with van der Waals surface area (Å²) in [5, 5.41) is 1.45. The second-order valence-electron chi connectivity index (χ2n) is 4.80. The fraction of sp³-hybridized carbons (Fsp3) is 0.125. The number of nitrogens with two attached hydrogens (primary N) is 1. The maximum atomic E-state index is 6.07. The molecule has 1 aromatic heterocycles. The highest BCUT2D eigenvalue weighted by molar-refractivity contribution is 6.30. The van der Waals surface area contributed by atoms with Gasteiger partial charge >= 0.3 is 0 Å². The van der Waals surface area contributed by atoms with Crippen LogP contribution in [0.25, 0.3) is 22.3 Å². The van der Waals surface area contributed by atoms with Gasteiger partial charge < -0.3 is 10.5 Å². The number of benzene rings is 2. The smallest absolute Gasteiger partial charge is 0.165 e. The number of aryl methyl sites for hydroxylation is 1. The average molecular weight is 300 g/mol. The first-order valence-corrected chi connectivity index (χ1v) is 6.84. The maximum Gasteiger partial charge on any atom is 0.165 e. The van der Waals surface area contributed by atoms with Crippen LogP contribution in [0.2, 0.25) is 5.02 Å². The van der Waals surface area contributed by atoms with Crippen molar-refractivity contribution in [1.29, 1.82) is 0 Å². The van der Waals surface area contributed by atoms with Gasteiger partial charge in [-0.15, -0.1) is 0 Å². The molecular weight excluding hydrogens is 286 g/mol. The highest BCUT2D eigenvalue weighted by Gasteiger charge is 2.12. The van der Waals surface area contributed by atoms with Gasteiger partial charge in [-0.2, -0.15) is 0 Å². The van der Waals surface area contributed by atoms with Crippen molar-refractivity contribution in [3.63, 3.8) is 0 Å². The Morgan fingerprint density at radius 1 is 1.10 bits per heavy atom. The third-order valence-electron chi connectivity index (χ3n) is 3.29. The summed E-state index contributed by atoms with van der Waals surface area (Å²) >= 11 is 5.98. The standard InChI is InChI=1S/C16H14ClN3O/c1-9-3-6-13-12(7-9)15(18)20-16(19-13)11-5-4-10(17)8-14(11)21-2/h3-8H,1-2H3,(H2,18,19,20). The molecule has 106 valence electrons. The SMILES string of the molecule is COc1cc(Cl)ccc1-c1nc(N)c2cc(C)ccc2n1. The Morgan fingerprint density at radius 2 is 1.90 bits per heavy atom. The minimum atomic E-state index is 0.454. The topological polar surface area (TPSA) is 61.0 Å². The van der Waals surface area contributed by atoms with Gasteiger partial charge in [-0.25, -0.2) is 9.97 Å². The Kier molecular flexibility index (Phi) is 3.39. The third kappa shape index (κ3) is 2.50. The zero-order chi connectivity index (χ0) is 15.0. The quantitative estimate of drug-likeness (QED) is 0.781. The van der Waals surface area contributed by atoms with Gasteiger partial charge in [-0.05, 0) is 37.3 Å². The molecule has 0 aliphatic rings.